The first-order valence-electron chi connectivity index (χ1n) is 14.2. The van der Waals surface area contributed by atoms with E-state index < -0.39 is 0 Å². The van der Waals surface area contributed by atoms with E-state index in [2.05, 4.69) is 19.6 Å². The molecule has 0 aliphatic carbocycles. The van der Waals surface area contributed by atoms with Crippen LogP contribution in [0, 0.1) is 0 Å². The summed E-state index contributed by atoms with van der Waals surface area (Å²) in [5.74, 6) is 0.0195. The third-order valence-electron chi connectivity index (χ3n) is 6.16. The van der Waals surface area contributed by atoms with E-state index >= 15 is 0 Å². The topological polar surface area (TPSA) is 61.8 Å². The second-order valence-corrected chi connectivity index (χ2v) is 10.5. The van der Waals surface area contributed by atoms with Gasteiger partial charge in [0.1, 0.15) is 0 Å². The van der Waals surface area contributed by atoms with Crippen LogP contribution < -0.4 is 0 Å². The van der Waals surface area contributed by atoms with Crippen molar-refractivity contribution in [1.29, 1.82) is 0 Å². The van der Waals surface area contributed by atoms with Gasteiger partial charge in [0.15, 0.2) is 11.9 Å². The monoisotopic (exact) mass is 532 g/mol. The Balaban J connectivity index is 0. The molecule has 2 radical (unpaired) electrons. The molecular formula is C28H56O5SSi. The first-order chi connectivity index (χ1) is 17.2. The maximum atomic E-state index is 11.7. The minimum atomic E-state index is -0.0217. The Labute approximate surface area is 225 Å². The number of hydrogen-bond acceptors (Lipinski definition) is 5. The van der Waals surface area contributed by atoms with Crippen LogP contribution in [-0.4, -0.2) is 41.9 Å². The molecule has 0 atom stereocenters. The van der Waals surface area contributed by atoms with Crippen molar-refractivity contribution in [3.63, 3.8) is 0 Å². The number of hydrogen-bond donors (Lipinski definition) is 1. The lowest BCUT2D eigenvalue weighted by atomic mass is 10.0. The lowest BCUT2D eigenvalue weighted by Crippen LogP contribution is -2.12. The van der Waals surface area contributed by atoms with E-state index in [4.69, 9.17) is 18.7 Å². The molecule has 0 bridgehead atoms. The van der Waals surface area contributed by atoms with Gasteiger partial charge in [0.2, 0.25) is 0 Å². The van der Waals surface area contributed by atoms with Crippen LogP contribution in [0.3, 0.4) is 0 Å². The fourth-order valence-electron chi connectivity index (χ4n) is 4.02. The van der Waals surface area contributed by atoms with Gasteiger partial charge in [0, 0.05) is 20.6 Å². The molecule has 35 heavy (non-hydrogen) atoms. The van der Waals surface area contributed by atoms with E-state index in [1.54, 1.807) is 14.2 Å². The van der Waals surface area contributed by atoms with Crippen LogP contribution in [0.15, 0.2) is 0 Å². The molecule has 0 unspecified atom stereocenters. The van der Waals surface area contributed by atoms with E-state index in [-0.39, 0.29) is 12.3 Å². The van der Waals surface area contributed by atoms with Crippen molar-refractivity contribution in [2.45, 2.75) is 154 Å². The minimum Gasteiger partial charge on any atom is -0.516 e. The Morgan fingerprint density at radius 3 is 1.57 bits per heavy atom. The summed E-state index contributed by atoms with van der Waals surface area (Å²) in [4.78, 5) is 20.4. The van der Waals surface area contributed by atoms with Crippen LogP contribution in [0.1, 0.15) is 142 Å². The Bertz CT molecular complexity index is 422. The Hall–Kier alpha value is -0.373. The average molecular weight is 533 g/mol. The summed E-state index contributed by atoms with van der Waals surface area (Å²) in [5, 5.41) is 0. The van der Waals surface area contributed by atoms with Crippen molar-refractivity contribution in [3.05, 3.63) is 0 Å². The zero-order valence-corrected chi connectivity index (χ0v) is 25.1. The highest BCUT2D eigenvalue weighted by molar-refractivity contribution is 7.94. The summed E-state index contributed by atoms with van der Waals surface area (Å²) in [7, 11) is 3.80. The van der Waals surface area contributed by atoms with E-state index in [1.807, 2.05) is 0 Å². The molecule has 0 aromatic carbocycles. The zero-order valence-electron chi connectivity index (χ0n) is 23.2. The van der Waals surface area contributed by atoms with Crippen molar-refractivity contribution in [3.8, 4) is 0 Å². The molecule has 5 nitrogen and oxygen atoms in total. The number of carbonyl (C=O) groups is 2. The number of carbonyl (C=O) groups excluding carboxylic acids is 2. The highest BCUT2D eigenvalue weighted by Crippen LogP contribution is 2.14. The molecule has 0 aliphatic rings. The molecule has 0 spiro atoms. The second-order valence-electron chi connectivity index (χ2n) is 9.28. The molecule has 0 rings (SSSR count). The molecule has 0 N–H and O–H groups in total. The zero-order chi connectivity index (χ0) is 26.2. The minimum absolute atomic E-state index is 0.0195. The van der Waals surface area contributed by atoms with Gasteiger partial charge in [-0.3, -0.25) is 9.59 Å². The summed E-state index contributed by atoms with van der Waals surface area (Å²) < 4.78 is 15.8. The van der Waals surface area contributed by atoms with Gasteiger partial charge in [0.25, 0.3) is 5.97 Å². The van der Waals surface area contributed by atoms with Gasteiger partial charge >= 0.3 is 9.76 Å². The Kier molecular flexibility index (Phi) is 35.3. The highest BCUT2D eigenvalue weighted by atomic mass is 32.1. The SMILES string of the molecule is CCCCCCC[Si]OC(=O)CCCCCCCCCCCCCCCCC(OC)OC.O=CS. The van der Waals surface area contributed by atoms with Gasteiger partial charge in [-0.05, 0) is 25.3 Å². The Morgan fingerprint density at radius 1 is 0.714 bits per heavy atom. The van der Waals surface area contributed by atoms with Crippen LogP contribution in [0.5, 0.6) is 0 Å². The van der Waals surface area contributed by atoms with Crippen LogP contribution >= 0.6 is 12.6 Å². The highest BCUT2D eigenvalue weighted by Gasteiger charge is 2.04. The fraction of sp³-hybridized carbons (Fsp3) is 0.929. The maximum absolute atomic E-state index is 11.7. The lowest BCUT2D eigenvalue weighted by molar-refractivity contribution is -0.134. The van der Waals surface area contributed by atoms with Crippen molar-refractivity contribution in [2.75, 3.05) is 14.2 Å². The molecule has 0 saturated carbocycles. The van der Waals surface area contributed by atoms with Gasteiger partial charge in [-0.25, -0.2) is 0 Å². The number of ether oxygens (including phenoxy) is 2. The number of thiol groups is 1. The summed E-state index contributed by atoms with van der Waals surface area (Å²) in [6.07, 6.45) is 26.2. The predicted molar refractivity (Wildman–Crippen MR) is 153 cm³/mol. The molecule has 0 aliphatic heterocycles. The van der Waals surface area contributed by atoms with Gasteiger partial charge in [-0.15, -0.1) is 12.6 Å². The number of unbranched alkanes of at least 4 members (excludes halogenated alkanes) is 17. The smallest absolute Gasteiger partial charge is 0.314 e. The van der Waals surface area contributed by atoms with Gasteiger partial charge in [-0.1, -0.05) is 116 Å². The van der Waals surface area contributed by atoms with E-state index in [0.717, 1.165) is 18.9 Å². The fourth-order valence-corrected chi connectivity index (χ4v) is 4.78. The van der Waals surface area contributed by atoms with E-state index in [0.29, 0.717) is 21.8 Å². The van der Waals surface area contributed by atoms with Crippen molar-refractivity contribution in [2.24, 2.45) is 0 Å². The maximum Gasteiger partial charge on any atom is 0.314 e. The first-order valence-corrected chi connectivity index (χ1v) is 15.8. The average Bonchev–Trinajstić information content (AvgIpc) is 2.86. The van der Waals surface area contributed by atoms with Gasteiger partial charge in [0.05, 0.1) is 0 Å². The second kappa shape index (κ2) is 33.6. The van der Waals surface area contributed by atoms with Crippen molar-refractivity contribution in [1.82, 2.24) is 0 Å². The quantitative estimate of drug-likeness (QED) is 0.0398. The third kappa shape index (κ3) is 33.6. The van der Waals surface area contributed by atoms with Crippen LogP contribution in [0.2, 0.25) is 6.04 Å². The Morgan fingerprint density at radius 2 is 1.11 bits per heavy atom. The molecule has 0 saturated heterocycles. The summed E-state index contributed by atoms with van der Waals surface area (Å²) in [5.41, 5.74) is 0.444. The first kappa shape index (κ1) is 36.8. The number of rotatable bonds is 26. The molecular weight excluding hydrogens is 476 g/mol. The summed E-state index contributed by atoms with van der Waals surface area (Å²) in [6.45, 7) is 2.23. The molecule has 0 aromatic heterocycles. The summed E-state index contributed by atoms with van der Waals surface area (Å²) >= 11 is 3.11. The van der Waals surface area contributed by atoms with Crippen LogP contribution in [0.4, 0.5) is 0 Å². The molecule has 0 fully saturated rings. The van der Waals surface area contributed by atoms with Crippen LogP contribution in [0.25, 0.3) is 0 Å². The van der Waals surface area contributed by atoms with Gasteiger partial charge < -0.3 is 13.9 Å². The van der Waals surface area contributed by atoms with E-state index in [1.165, 1.54) is 116 Å². The standard InChI is InChI=1S/C27H54O4Si.CH2OS/c1-4-5-6-19-22-25-32-31-26(28)23-20-17-15-13-11-9-7-8-10-12-14-16-18-21-24-27(29-2)30-3;2-1-3/h27H,4-25H2,1-3H3;1H,(H,2,3). The predicted octanol–water partition coefficient (Wildman–Crippen LogP) is 8.50. The molecule has 7 heteroatoms. The summed E-state index contributed by atoms with van der Waals surface area (Å²) in [6, 6.07) is 1.06. The lowest BCUT2D eigenvalue weighted by Gasteiger charge is -2.12. The molecule has 0 aromatic rings. The largest absolute Gasteiger partial charge is 0.516 e. The van der Waals surface area contributed by atoms with E-state index in [9.17, 15) is 4.79 Å². The van der Waals surface area contributed by atoms with Crippen molar-refractivity contribution < 1.29 is 23.5 Å². The molecule has 0 amide bonds. The third-order valence-corrected chi connectivity index (χ3v) is 7.09. The normalized spacial score (nSPS) is 10.8. The van der Waals surface area contributed by atoms with Crippen molar-refractivity contribution >= 4 is 34.0 Å². The molecule has 0 heterocycles. The number of methoxy groups -OCH3 is 2. The van der Waals surface area contributed by atoms with Gasteiger partial charge in [-0.2, -0.15) is 0 Å². The molecule has 208 valence electrons. The van der Waals surface area contributed by atoms with Crippen LogP contribution in [-0.2, 0) is 23.5 Å².